The van der Waals surface area contributed by atoms with Crippen LogP contribution >= 0.6 is 11.6 Å². The highest BCUT2D eigenvalue weighted by Gasteiger charge is 2.37. The molecule has 4 aromatic rings. The topological polar surface area (TPSA) is 121 Å². The summed E-state index contributed by atoms with van der Waals surface area (Å²) < 4.78 is 11.3. The Hall–Kier alpha value is -2.88. The van der Waals surface area contributed by atoms with E-state index in [1.54, 1.807) is 26.4 Å². The number of aromatic amines is 3. The molecule has 156 valence electrons. The molecule has 1 aromatic carbocycles. The van der Waals surface area contributed by atoms with Gasteiger partial charge in [0.2, 0.25) is 0 Å². The molecule has 0 saturated heterocycles. The number of benzene rings is 1. The maximum atomic E-state index is 11.6. The number of aryl methyl sites for hydroxylation is 1. The molecular formula is C20H21ClN6O3. The minimum absolute atomic E-state index is 0.281. The van der Waals surface area contributed by atoms with Crippen molar-refractivity contribution in [2.45, 2.75) is 24.9 Å². The fourth-order valence-electron chi connectivity index (χ4n) is 4.30. The van der Waals surface area contributed by atoms with E-state index in [2.05, 4.69) is 30.2 Å². The first-order chi connectivity index (χ1) is 14.5. The summed E-state index contributed by atoms with van der Waals surface area (Å²) in [5.41, 5.74) is 4.29. The summed E-state index contributed by atoms with van der Waals surface area (Å²) in [4.78, 5) is 29.4. The molecule has 1 atom stereocenters. The SMILES string of the molecule is COCC1(OC)CCc2[nH]c3ncnc(Nc4cc5[nH]c(=O)[nH]c5cc4Cl)c3c2C1. The van der Waals surface area contributed by atoms with Crippen molar-refractivity contribution in [3.8, 4) is 0 Å². The van der Waals surface area contributed by atoms with E-state index in [0.717, 1.165) is 35.1 Å². The van der Waals surface area contributed by atoms with Crippen LogP contribution in [-0.2, 0) is 22.3 Å². The standard InChI is InChI=1S/C20H21ClN6O3/c1-29-8-20(30-2)4-3-12-10(7-20)16-17(24-12)22-9-23-18(16)25-13-6-15-14(5-11(13)21)26-19(28)27-15/h5-6,9H,3-4,7-8H2,1-2H3,(H2,26,27,28)(H2,22,23,24,25). The quantitative estimate of drug-likeness (QED) is 0.387. The molecule has 0 fully saturated rings. The number of hydrogen-bond acceptors (Lipinski definition) is 6. The molecule has 3 heterocycles. The summed E-state index contributed by atoms with van der Waals surface area (Å²) in [5.74, 6) is 0.640. The second-order valence-electron chi connectivity index (χ2n) is 7.61. The van der Waals surface area contributed by atoms with Gasteiger partial charge in [-0.25, -0.2) is 14.8 Å². The molecule has 9 nitrogen and oxygen atoms in total. The van der Waals surface area contributed by atoms with Crippen molar-refractivity contribution in [3.05, 3.63) is 45.2 Å². The van der Waals surface area contributed by atoms with E-state index >= 15 is 0 Å². The van der Waals surface area contributed by atoms with E-state index < -0.39 is 0 Å². The molecule has 4 N–H and O–H groups in total. The third kappa shape index (κ3) is 3.06. The van der Waals surface area contributed by atoms with Crippen molar-refractivity contribution >= 4 is 45.2 Å². The third-order valence-corrected chi connectivity index (χ3v) is 6.12. The number of methoxy groups -OCH3 is 2. The molecule has 0 radical (unpaired) electrons. The highest BCUT2D eigenvalue weighted by molar-refractivity contribution is 6.34. The number of aromatic nitrogens is 5. The molecule has 30 heavy (non-hydrogen) atoms. The minimum Gasteiger partial charge on any atom is -0.382 e. The van der Waals surface area contributed by atoms with Crippen LogP contribution in [0.3, 0.4) is 0 Å². The van der Waals surface area contributed by atoms with E-state index in [-0.39, 0.29) is 11.3 Å². The lowest BCUT2D eigenvalue weighted by Gasteiger charge is -2.35. The van der Waals surface area contributed by atoms with Crippen LogP contribution in [0.2, 0.25) is 5.02 Å². The average Bonchev–Trinajstić information content (AvgIpc) is 3.27. The number of fused-ring (bicyclic) bond motifs is 4. The summed E-state index contributed by atoms with van der Waals surface area (Å²) in [6, 6.07) is 3.49. The van der Waals surface area contributed by atoms with E-state index in [4.69, 9.17) is 21.1 Å². The molecule has 3 aromatic heterocycles. The zero-order valence-electron chi connectivity index (χ0n) is 16.6. The second-order valence-corrected chi connectivity index (χ2v) is 8.01. The summed E-state index contributed by atoms with van der Waals surface area (Å²) in [6.07, 6.45) is 3.89. The van der Waals surface area contributed by atoms with Gasteiger partial charge in [-0.15, -0.1) is 0 Å². The number of halogens is 1. The maximum absolute atomic E-state index is 11.6. The van der Waals surface area contributed by atoms with Crippen molar-refractivity contribution in [2.24, 2.45) is 0 Å². The third-order valence-electron chi connectivity index (χ3n) is 5.81. The number of rotatable bonds is 5. The lowest BCUT2D eigenvalue weighted by atomic mass is 9.83. The highest BCUT2D eigenvalue weighted by Crippen LogP contribution is 2.39. The van der Waals surface area contributed by atoms with E-state index in [1.165, 1.54) is 6.33 Å². The van der Waals surface area contributed by atoms with Gasteiger partial charge in [-0.2, -0.15) is 0 Å². The molecule has 0 bridgehead atoms. The largest absolute Gasteiger partial charge is 0.382 e. The monoisotopic (exact) mass is 428 g/mol. The fraction of sp³-hybridized carbons (Fsp3) is 0.350. The van der Waals surface area contributed by atoms with Gasteiger partial charge < -0.3 is 29.7 Å². The van der Waals surface area contributed by atoms with E-state index in [0.29, 0.717) is 40.6 Å². The number of imidazole rings is 1. The van der Waals surface area contributed by atoms with Gasteiger partial charge in [-0.05, 0) is 30.5 Å². The summed E-state index contributed by atoms with van der Waals surface area (Å²) in [5, 5.41) is 4.70. The number of anilines is 2. The first kappa shape index (κ1) is 19.1. The van der Waals surface area contributed by atoms with Crippen LogP contribution in [0.5, 0.6) is 0 Å². The molecule has 0 saturated carbocycles. The number of ether oxygens (including phenoxy) is 2. The Bertz CT molecular complexity index is 1310. The molecule has 1 aliphatic rings. The molecule has 1 aliphatic carbocycles. The zero-order valence-corrected chi connectivity index (χ0v) is 17.3. The van der Waals surface area contributed by atoms with Crippen LogP contribution in [0.15, 0.2) is 23.3 Å². The normalized spacial score (nSPS) is 18.8. The van der Waals surface area contributed by atoms with E-state index in [1.807, 2.05) is 0 Å². The van der Waals surface area contributed by atoms with Crippen LogP contribution in [0.4, 0.5) is 11.5 Å². The molecule has 10 heteroatoms. The second kappa shape index (κ2) is 7.12. The number of hydrogen-bond donors (Lipinski definition) is 4. The first-order valence-electron chi connectivity index (χ1n) is 9.59. The Morgan fingerprint density at radius 1 is 1.20 bits per heavy atom. The molecular weight excluding hydrogens is 408 g/mol. The maximum Gasteiger partial charge on any atom is 0.323 e. The predicted octanol–water partition coefficient (Wildman–Crippen LogP) is 3.04. The number of H-pyrrole nitrogens is 3. The highest BCUT2D eigenvalue weighted by atomic mass is 35.5. The van der Waals surface area contributed by atoms with Crippen LogP contribution in [0.1, 0.15) is 17.7 Å². The lowest BCUT2D eigenvalue weighted by Crippen LogP contribution is -2.42. The molecule has 5 rings (SSSR count). The Labute approximate surface area is 176 Å². The van der Waals surface area contributed by atoms with Crippen molar-refractivity contribution in [1.82, 2.24) is 24.9 Å². The Morgan fingerprint density at radius 3 is 2.77 bits per heavy atom. The van der Waals surface area contributed by atoms with Crippen LogP contribution in [-0.4, -0.2) is 51.3 Å². The summed E-state index contributed by atoms with van der Waals surface area (Å²) in [6.45, 7) is 0.509. The van der Waals surface area contributed by atoms with Gasteiger partial charge in [0.25, 0.3) is 0 Å². The molecule has 0 amide bonds. The lowest BCUT2D eigenvalue weighted by molar-refractivity contribution is -0.0721. The molecule has 1 unspecified atom stereocenters. The van der Waals surface area contributed by atoms with Crippen molar-refractivity contribution in [2.75, 3.05) is 26.1 Å². The van der Waals surface area contributed by atoms with E-state index in [9.17, 15) is 4.79 Å². The average molecular weight is 429 g/mol. The van der Waals surface area contributed by atoms with Crippen molar-refractivity contribution < 1.29 is 9.47 Å². The van der Waals surface area contributed by atoms with Crippen LogP contribution < -0.4 is 11.0 Å². The summed E-state index contributed by atoms with van der Waals surface area (Å²) >= 11 is 6.45. The predicted molar refractivity (Wildman–Crippen MR) is 115 cm³/mol. The van der Waals surface area contributed by atoms with Gasteiger partial charge >= 0.3 is 5.69 Å². The Kier molecular flexibility index (Phi) is 4.53. The van der Waals surface area contributed by atoms with Gasteiger partial charge in [0.05, 0.1) is 39.3 Å². The molecule has 0 spiro atoms. The van der Waals surface area contributed by atoms with Gasteiger partial charge in [-0.1, -0.05) is 11.6 Å². The number of nitrogens with one attached hydrogen (secondary N) is 4. The zero-order chi connectivity index (χ0) is 20.9. The van der Waals surface area contributed by atoms with Crippen molar-refractivity contribution in [3.63, 3.8) is 0 Å². The van der Waals surface area contributed by atoms with Crippen LogP contribution in [0.25, 0.3) is 22.1 Å². The molecule has 0 aliphatic heterocycles. The van der Waals surface area contributed by atoms with Gasteiger partial charge in [0.15, 0.2) is 0 Å². The first-order valence-corrected chi connectivity index (χ1v) is 9.97. The summed E-state index contributed by atoms with van der Waals surface area (Å²) in [7, 11) is 3.41. The van der Waals surface area contributed by atoms with Crippen molar-refractivity contribution in [1.29, 1.82) is 0 Å². The minimum atomic E-state index is -0.384. The number of nitrogens with zero attached hydrogens (tertiary/aromatic N) is 2. The van der Waals surface area contributed by atoms with Gasteiger partial charge in [0.1, 0.15) is 17.8 Å². The van der Waals surface area contributed by atoms with Crippen LogP contribution in [0, 0.1) is 0 Å². The fourth-order valence-corrected chi connectivity index (χ4v) is 4.51. The Balaban J connectivity index is 1.60. The smallest absolute Gasteiger partial charge is 0.323 e. The Morgan fingerprint density at radius 2 is 2.00 bits per heavy atom. The van der Waals surface area contributed by atoms with Gasteiger partial charge in [0, 0.05) is 26.3 Å². The van der Waals surface area contributed by atoms with Gasteiger partial charge in [-0.3, -0.25) is 0 Å².